The van der Waals surface area contributed by atoms with E-state index in [1.165, 1.54) is 43.1 Å². The van der Waals surface area contributed by atoms with Gasteiger partial charge >= 0.3 is 0 Å². The van der Waals surface area contributed by atoms with Crippen LogP contribution in [-0.2, 0) is 26.2 Å². The predicted molar refractivity (Wildman–Crippen MR) is 277 cm³/mol. The molecule has 0 aliphatic rings. The van der Waals surface area contributed by atoms with Crippen LogP contribution in [0.15, 0.2) is 216 Å². The lowest BCUT2D eigenvalue weighted by Crippen LogP contribution is -2.09. The summed E-state index contributed by atoms with van der Waals surface area (Å²) in [5.41, 5.74) is 12.4. The lowest BCUT2D eigenvalue weighted by Gasteiger charge is -2.15. The monoisotopic (exact) mass is 842 g/mol. The van der Waals surface area contributed by atoms with Crippen LogP contribution in [0.3, 0.4) is 0 Å². The Bertz CT molecular complexity index is 3670. The zero-order valence-corrected chi connectivity index (χ0v) is 36.2. The van der Waals surface area contributed by atoms with Crippen molar-refractivity contribution in [2.24, 2.45) is 0 Å². The number of aromatic nitrogens is 4. The van der Waals surface area contributed by atoms with Crippen molar-refractivity contribution in [1.82, 2.24) is 18.3 Å². The molecule has 0 radical (unpaired) electrons. The summed E-state index contributed by atoms with van der Waals surface area (Å²) < 4.78 is 9.43. The highest BCUT2D eigenvalue weighted by Crippen LogP contribution is 2.35. The molecule has 0 fully saturated rings. The average molecular weight is 843 g/mol. The Kier molecular flexibility index (Phi) is 9.42. The fourth-order valence-electron chi connectivity index (χ4n) is 10.4. The quantitative estimate of drug-likeness (QED) is 0.136. The minimum Gasteiger partial charge on any atom is -0.335 e. The third-order valence-corrected chi connectivity index (χ3v) is 13.4. The van der Waals surface area contributed by atoms with Gasteiger partial charge in [0, 0.05) is 110 Å². The standard InChI is InChI=1S/C62H42N4/c1-3-43(39-63-55-29-13-5-21-47(55)48-22-6-14-30-56(48)63)45(41-65-59-33-17-9-25-51(59)52-26-10-18-34-60(52)65)37-38-46(42-66-61-35-19-11-27-53(61)54-28-12-20-36-62(54)66)44(4-2)40-64-57-31-15-7-23-49(57)50-24-8-16-32-58(50)64/h1-2,5-36H,39-42H2/b45-43+,46-44+. The Balaban J connectivity index is 1.11. The molecule has 12 aromatic rings. The normalized spacial score (nSPS) is 12.5. The fraction of sp³-hybridized carbons (Fsp3) is 0.0645. The second-order valence-electron chi connectivity index (χ2n) is 16.9. The van der Waals surface area contributed by atoms with Gasteiger partial charge in [0.25, 0.3) is 0 Å². The first kappa shape index (κ1) is 38.8. The highest BCUT2D eigenvalue weighted by Gasteiger charge is 2.19. The van der Waals surface area contributed by atoms with E-state index in [9.17, 15) is 0 Å². The highest BCUT2D eigenvalue weighted by molar-refractivity contribution is 6.10. The van der Waals surface area contributed by atoms with Crippen LogP contribution in [0.1, 0.15) is 0 Å². The van der Waals surface area contributed by atoms with E-state index in [-0.39, 0.29) is 0 Å². The van der Waals surface area contributed by atoms with Crippen LogP contribution < -0.4 is 0 Å². The largest absolute Gasteiger partial charge is 0.335 e. The van der Waals surface area contributed by atoms with Gasteiger partial charge in [0.1, 0.15) is 0 Å². The van der Waals surface area contributed by atoms with Crippen LogP contribution in [0.2, 0.25) is 0 Å². The number of fused-ring (bicyclic) bond motifs is 12. The molecule has 0 spiro atoms. The van der Waals surface area contributed by atoms with E-state index < -0.39 is 0 Å². The molecule has 0 N–H and O–H groups in total. The Morgan fingerprint density at radius 3 is 0.606 bits per heavy atom. The van der Waals surface area contributed by atoms with Crippen LogP contribution in [0.4, 0.5) is 0 Å². The van der Waals surface area contributed by atoms with E-state index in [2.05, 4.69) is 236 Å². The van der Waals surface area contributed by atoms with Crippen LogP contribution in [0, 0.1) is 36.5 Å². The van der Waals surface area contributed by atoms with Gasteiger partial charge < -0.3 is 18.3 Å². The maximum absolute atomic E-state index is 6.71. The Hall–Kier alpha value is -8.88. The third-order valence-electron chi connectivity index (χ3n) is 13.4. The van der Waals surface area contributed by atoms with Gasteiger partial charge in [-0.1, -0.05) is 169 Å². The van der Waals surface area contributed by atoms with Crippen molar-refractivity contribution in [3.8, 4) is 36.5 Å². The summed E-state index contributed by atoms with van der Waals surface area (Å²) in [6, 6.07) is 68.7. The molecule has 0 atom stereocenters. The lowest BCUT2D eigenvalue weighted by molar-refractivity contribution is 0.818. The fourth-order valence-corrected chi connectivity index (χ4v) is 10.4. The molecule has 12 rings (SSSR count). The van der Waals surface area contributed by atoms with Crippen LogP contribution in [0.5, 0.6) is 0 Å². The van der Waals surface area contributed by atoms with Crippen molar-refractivity contribution >= 4 is 87.2 Å². The number of benzene rings is 8. The molecular weight excluding hydrogens is 801 g/mol. The lowest BCUT2D eigenvalue weighted by atomic mass is 10.0. The van der Waals surface area contributed by atoms with E-state index >= 15 is 0 Å². The van der Waals surface area contributed by atoms with Crippen molar-refractivity contribution in [3.63, 3.8) is 0 Å². The minimum absolute atomic E-state index is 0.471. The van der Waals surface area contributed by atoms with Gasteiger partial charge in [0.15, 0.2) is 0 Å². The smallest absolute Gasteiger partial charge is 0.0571 e. The number of terminal acetylenes is 2. The van der Waals surface area contributed by atoms with Crippen molar-refractivity contribution in [1.29, 1.82) is 0 Å². The molecule has 66 heavy (non-hydrogen) atoms. The van der Waals surface area contributed by atoms with E-state index in [4.69, 9.17) is 12.8 Å². The van der Waals surface area contributed by atoms with Crippen LogP contribution >= 0.6 is 0 Å². The van der Waals surface area contributed by atoms with Gasteiger partial charge in [-0.05, 0) is 48.5 Å². The number of para-hydroxylation sites is 8. The van der Waals surface area contributed by atoms with Gasteiger partial charge in [-0.3, -0.25) is 0 Å². The summed E-state index contributed by atoms with van der Waals surface area (Å²) in [5.74, 6) is 14.0. The average Bonchev–Trinajstić information content (AvgIpc) is 4.08. The first-order valence-electron chi connectivity index (χ1n) is 22.4. The molecule has 0 amide bonds. The van der Waals surface area contributed by atoms with Gasteiger partial charge in [0.05, 0.1) is 26.2 Å². The van der Waals surface area contributed by atoms with E-state index in [0.29, 0.717) is 26.2 Å². The molecule has 0 saturated carbocycles. The summed E-state index contributed by atoms with van der Waals surface area (Å²) >= 11 is 0. The molecule has 4 aromatic heterocycles. The summed E-state index contributed by atoms with van der Waals surface area (Å²) in [7, 11) is 0. The Morgan fingerprint density at radius 2 is 0.424 bits per heavy atom. The summed E-state index contributed by atoms with van der Waals surface area (Å²) in [6.07, 6.45) is 13.4. The van der Waals surface area contributed by atoms with Gasteiger partial charge in [-0.25, -0.2) is 0 Å². The molecule has 0 aliphatic carbocycles. The third kappa shape index (κ3) is 6.30. The number of hydrogen-bond acceptors (Lipinski definition) is 0. The topological polar surface area (TPSA) is 19.7 Å². The Labute approximate surface area is 382 Å². The van der Waals surface area contributed by atoms with Gasteiger partial charge in [-0.2, -0.15) is 0 Å². The zero-order valence-electron chi connectivity index (χ0n) is 36.2. The second-order valence-corrected chi connectivity index (χ2v) is 16.9. The number of allylic oxidation sites excluding steroid dienone is 4. The number of hydrogen-bond donors (Lipinski definition) is 0. The maximum Gasteiger partial charge on any atom is 0.0571 e. The van der Waals surface area contributed by atoms with E-state index in [0.717, 1.165) is 66.4 Å². The number of nitrogens with zero attached hydrogens (tertiary/aromatic N) is 4. The summed E-state index contributed by atoms with van der Waals surface area (Å²) in [6.45, 7) is 1.89. The van der Waals surface area contributed by atoms with Gasteiger partial charge in [-0.15, -0.1) is 12.8 Å². The second kappa shape index (κ2) is 16.0. The molecule has 4 heteroatoms. The summed E-state index contributed by atoms with van der Waals surface area (Å²) in [4.78, 5) is 0. The minimum atomic E-state index is 0.471. The molecular formula is C62H42N4. The molecule has 0 aliphatic heterocycles. The van der Waals surface area contributed by atoms with Crippen LogP contribution in [-0.4, -0.2) is 18.3 Å². The number of rotatable bonds is 8. The first-order chi connectivity index (χ1) is 32.7. The molecule has 310 valence electrons. The molecule has 0 unspecified atom stereocenters. The van der Waals surface area contributed by atoms with Crippen molar-refractivity contribution in [3.05, 3.63) is 216 Å². The van der Waals surface area contributed by atoms with Crippen LogP contribution in [0.25, 0.3) is 87.2 Å². The van der Waals surface area contributed by atoms with Crippen molar-refractivity contribution in [2.45, 2.75) is 26.2 Å². The highest BCUT2D eigenvalue weighted by atomic mass is 15.0. The van der Waals surface area contributed by atoms with Crippen molar-refractivity contribution in [2.75, 3.05) is 0 Å². The molecule has 4 heterocycles. The predicted octanol–water partition coefficient (Wildman–Crippen LogP) is 14.1. The Morgan fingerprint density at radius 1 is 0.258 bits per heavy atom. The van der Waals surface area contributed by atoms with E-state index in [1.807, 2.05) is 0 Å². The zero-order chi connectivity index (χ0) is 44.1. The van der Waals surface area contributed by atoms with Gasteiger partial charge in [0.2, 0.25) is 0 Å². The van der Waals surface area contributed by atoms with Crippen molar-refractivity contribution < 1.29 is 0 Å². The first-order valence-corrected chi connectivity index (χ1v) is 22.4. The maximum atomic E-state index is 6.71. The molecule has 4 nitrogen and oxygen atoms in total. The molecule has 0 saturated heterocycles. The van der Waals surface area contributed by atoms with E-state index in [1.54, 1.807) is 0 Å². The SMILES string of the molecule is C#C/C(Cn1c2ccccc2c2ccccc21)=C(/C#C/C(Cn1c2ccccc2c2ccccc21)=C(/C#C)Cn1c2ccccc2c2ccccc21)Cn1c2ccccc2c2ccccc21. The summed E-state index contributed by atoms with van der Waals surface area (Å²) in [5, 5.41) is 9.55. The molecule has 8 aromatic carbocycles. The molecule has 0 bridgehead atoms.